The number of sulfonamides is 1. The van der Waals surface area contributed by atoms with Crippen molar-refractivity contribution in [3.8, 4) is 0 Å². The number of hydrogen-bond donors (Lipinski definition) is 1. The minimum atomic E-state index is -3.87. The number of thiazole rings is 1. The van der Waals surface area contributed by atoms with Crippen molar-refractivity contribution in [3.63, 3.8) is 0 Å². The Balaban J connectivity index is 1.85. The van der Waals surface area contributed by atoms with Gasteiger partial charge in [0.2, 0.25) is 10.0 Å². The van der Waals surface area contributed by atoms with Gasteiger partial charge in [0.15, 0.2) is 0 Å². The number of carbonyl (C=O) groups is 1. The van der Waals surface area contributed by atoms with E-state index in [-0.39, 0.29) is 16.4 Å². The number of rotatable bonds is 4. The van der Waals surface area contributed by atoms with Crippen LogP contribution < -0.4 is 5.14 Å². The summed E-state index contributed by atoms with van der Waals surface area (Å²) in [5, 5.41) is 6.02. The van der Waals surface area contributed by atoms with Crippen molar-refractivity contribution < 1.29 is 13.2 Å². The minimum Gasteiger partial charge on any atom is -0.335 e. The van der Waals surface area contributed by atoms with Gasteiger partial charge in [-0.2, -0.15) is 0 Å². The van der Waals surface area contributed by atoms with Gasteiger partial charge < -0.3 is 4.90 Å². The maximum absolute atomic E-state index is 12.6. The van der Waals surface area contributed by atoms with E-state index in [4.69, 9.17) is 5.14 Å². The van der Waals surface area contributed by atoms with Gasteiger partial charge in [0.05, 0.1) is 21.7 Å². The van der Waals surface area contributed by atoms with Crippen LogP contribution in [-0.4, -0.2) is 31.3 Å². The number of hydrogen-bond acceptors (Lipinski definition) is 5. The van der Waals surface area contributed by atoms with Crippen molar-refractivity contribution in [3.05, 3.63) is 58.6 Å². The number of nitrogens with two attached hydrogens (primary N) is 1. The molecular formula is C17H17N3O3S2. The molecule has 0 radical (unpaired) electrons. The van der Waals surface area contributed by atoms with Crippen LogP contribution in [0, 0.1) is 6.92 Å². The van der Waals surface area contributed by atoms with E-state index in [9.17, 15) is 13.2 Å². The number of benzene rings is 2. The van der Waals surface area contributed by atoms with E-state index in [2.05, 4.69) is 4.98 Å². The van der Waals surface area contributed by atoms with Crippen molar-refractivity contribution in [2.45, 2.75) is 18.4 Å². The average molecular weight is 375 g/mol. The SMILES string of the molecule is Cc1ccc(C(=O)N(C)Cc2nc3ccccc3s2)cc1S(N)(=O)=O. The zero-order valence-corrected chi connectivity index (χ0v) is 15.4. The van der Waals surface area contributed by atoms with Crippen LogP contribution in [0.1, 0.15) is 20.9 Å². The van der Waals surface area contributed by atoms with Crippen LogP contribution in [0.15, 0.2) is 47.4 Å². The summed E-state index contributed by atoms with van der Waals surface area (Å²) in [5.74, 6) is -0.288. The highest BCUT2D eigenvalue weighted by Crippen LogP contribution is 2.23. The number of carbonyl (C=O) groups excluding carboxylic acids is 1. The molecule has 0 saturated carbocycles. The third kappa shape index (κ3) is 3.71. The number of aryl methyl sites for hydroxylation is 1. The summed E-state index contributed by atoms with van der Waals surface area (Å²) < 4.78 is 24.3. The highest BCUT2D eigenvalue weighted by Gasteiger charge is 2.18. The van der Waals surface area contributed by atoms with Crippen LogP contribution in [0.4, 0.5) is 0 Å². The molecule has 0 aliphatic heterocycles. The van der Waals surface area contributed by atoms with E-state index < -0.39 is 10.0 Å². The molecule has 0 bridgehead atoms. The smallest absolute Gasteiger partial charge is 0.254 e. The molecule has 2 aromatic carbocycles. The summed E-state index contributed by atoms with van der Waals surface area (Å²) >= 11 is 1.53. The molecule has 1 amide bonds. The molecule has 1 aromatic heterocycles. The van der Waals surface area contributed by atoms with Gasteiger partial charge in [0.1, 0.15) is 5.01 Å². The molecule has 0 aliphatic rings. The maximum atomic E-state index is 12.6. The first-order valence-electron chi connectivity index (χ1n) is 7.49. The summed E-state index contributed by atoms with van der Waals surface area (Å²) in [6.07, 6.45) is 0. The van der Waals surface area contributed by atoms with Crippen LogP contribution in [0.3, 0.4) is 0 Å². The lowest BCUT2D eigenvalue weighted by Gasteiger charge is -2.16. The van der Waals surface area contributed by atoms with Crippen LogP contribution in [-0.2, 0) is 16.6 Å². The Morgan fingerprint density at radius 3 is 2.64 bits per heavy atom. The second kappa shape index (κ2) is 6.55. The zero-order valence-electron chi connectivity index (χ0n) is 13.8. The highest BCUT2D eigenvalue weighted by atomic mass is 32.2. The molecule has 0 saturated heterocycles. The Morgan fingerprint density at radius 2 is 1.96 bits per heavy atom. The van der Waals surface area contributed by atoms with Crippen molar-refractivity contribution >= 4 is 37.5 Å². The summed E-state index contributed by atoms with van der Waals surface area (Å²) in [5.41, 5.74) is 1.68. The standard InChI is InChI=1S/C17H17N3O3S2/c1-11-7-8-12(9-15(11)25(18,22)23)17(21)20(2)10-16-19-13-5-3-4-6-14(13)24-16/h3-9H,10H2,1-2H3,(H2,18,22,23). The summed E-state index contributed by atoms with van der Waals surface area (Å²) in [7, 11) is -2.21. The lowest BCUT2D eigenvalue weighted by molar-refractivity contribution is 0.0785. The normalized spacial score (nSPS) is 11.6. The van der Waals surface area contributed by atoms with Gasteiger partial charge in [0.25, 0.3) is 5.91 Å². The molecule has 0 aliphatic carbocycles. The predicted molar refractivity (Wildman–Crippen MR) is 98.0 cm³/mol. The number of para-hydroxylation sites is 1. The molecule has 3 rings (SSSR count). The fourth-order valence-corrected chi connectivity index (χ4v) is 4.35. The minimum absolute atomic E-state index is 0.0354. The van der Waals surface area contributed by atoms with E-state index in [1.165, 1.54) is 22.3 Å². The van der Waals surface area contributed by atoms with Gasteiger partial charge in [-0.25, -0.2) is 18.5 Å². The lowest BCUT2D eigenvalue weighted by Crippen LogP contribution is -2.26. The van der Waals surface area contributed by atoms with Crippen molar-refractivity contribution in [2.75, 3.05) is 7.05 Å². The first kappa shape index (κ1) is 17.5. The molecule has 8 heteroatoms. The highest BCUT2D eigenvalue weighted by molar-refractivity contribution is 7.89. The largest absolute Gasteiger partial charge is 0.335 e. The van der Waals surface area contributed by atoms with Gasteiger partial charge in [-0.1, -0.05) is 18.2 Å². The fourth-order valence-electron chi connectivity index (χ4n) is 2.52. The molecule has 25 heavy (non-hydrogen) atoms. The summed E-state index contributed by atoms with van der Waals surface area (Å²) in [4.78, 5) is 18.6. The first-order chi connectivity index (χ1) is 11.8. The Labute approximate surface area is 150 Å². The van der Waals surface area contributed by atoms with E-state index in [0.717, 1.165) is 15.2 Å². The molecule has 0 fully saturated rings. The molecule has 0 spiro atoms. The topological polar surface area (TPSA) is 93.4 Å². The predicted octanol–water partition coefficient (Wildman–Crippen LogP) is 2.52. The molecule has 0 unspecified atom stereocenters. The van der Waals surface area contributed by atoms with E-state index in [1.54, 1.807) is 26.1 Å². The van der Waals surface area contributed by atoms with Gasteiger partial charge in [0, 0.05) is 12.6 Å². The van der Waals surface area contributed by atoms with Crippen molar-refractivity contribution in [2.24, 2.45) is 5.14 Å². The van der Waals surface area contributed by atoms with Crippen LogP contribution in [0.5, 0.6) is 0 Å². The Morgan fingerprint density at radius 1 is 1.24 bits per heavy atom. The Bertz CT molecular complexity index is 1020. The van der Waals surface area contributed by atoms with E-state index in [1.807, 2.05) is 24.3 Å². The number of primary sulfonamides is 1. The van der Waals surface area contributed by atoms with Crippen molar-refractivity contribution in [1.82, 2.24) is 9.88 Å². The van der Waals surface area contributed by atoms with Gasteiger partial charge >= 0.3 is 0 Å². The zero-order chi connectivity index (χ0) is 18.2. The molecule has 130 valence electrons. The quantitative estimate of drug-likeness (QED) is 0.758. The lowest BCUT2D eigenvalue weighted by atomic mass is 10.1. The summed E-state index contributed by atoms with van der Waals surface area (Å²) in [6.45, 7) is 1.98. The molecule has 1 heterocycles. The number of fused-ring (bicyclic) bond motifs is 1. The molecular weight excluding hydrogens is 358 g/mol. The maximum Gasteiger partial charge on any atom is 0.254 e. The first-order valence-corrected chi connectivity index (χ1v) is 9.85. The van der Waals surface area contributed by atoms with Gasteiger partial charge in [-0.05, 0) is 36.8 Å². The number of nitrogens with zero attached hydrogens (tertiary/aromatic N) is 2. The van der Waals surface area contributed by atoms with Crippen molar-refractivity contribution in [1.29, 1.82) is 0 Å². The second-order valence-corrected chi connectivity index (χ2v) is 8.41. The Hall–Kier alpha value is -2.29. The van der Waals surface area contributed by atoms with E-state index in [0.29, 0.717) is 12.1 Å². The number of amides is 1. The third-order valence-corrected chi connectivity index (χ3v) is 5.87. The Kier molecular flexibility index (Phi) is 4.59. The van der Waals surface area contributed by atoms with Gasteiger partial charge in [-0.15, -0.1) is 11.3 Å². The van der Waals surface area contributed by atoms with E-state index >= 15 is 0 Å². The molecule has 0 atom stereocenters. The third-order valence-electron chi connectivity index (χ3n) is 3.80. The summed E-state index contributed by atoms with van der Waals surface area (Å²) in [6, 6.07) is 12.3. The molecule has 2 N–H and O–H groups in total. The average Bonchev–Trinajstić information content (AvgIpc) is 2.95. The van der Waals surface area contributed by atoms with Crippen LogP contribution in [0.25, 0.3) is 10.2 Å². The number of aromatic nitrogens is 1. The van der Waals surface area contributed by atoms with Crippen LogP contribution >= 0.6 is 11.3 Å². The van der Waals surface area contributed by atoms with Crippen LogP contribution in [0.2, 0.25) is 0 Å². The van der Waals surface area contributed by atoms with Gasteiger partial charge in [-0.3, -0.25) is 4.79 Å². The fraction of sp³-hybridized carbons (Fsp3) is 0.176. The monoisotopic (exact) mass is 375 g/mol. The molecule has 3 aromatic rings. The molecule has 6 nitrogen and oxygen atoms in total. The second-order valence-electron chi connectivity index (χ2n) is 5.76.